The van der Waals surface area contributed by atoms with Gasteiger partial charge in [-0.1, -0.05) is 32.4 Å². The maximum atomic E-state index is 11.7. The van der Waals surface area contributed by atoms with Gasteiger partial charge in [0.15, 0.2) is 0 Å². The summed E-state index contributed by atoms with van der Waals surface area (Å²) < 4.78 is 5.22. The Morgan fingerprint density at radius 3 is 2.60 bits per heavy atom. The zero-order valence-corrected chi connectivity index (χ0v) is 18.6. The third kappa shape index (κ3) is 8.02. The molecule has 3 nitrogen and oxygen atoms in total. The lowest BCUT2D eigenvalue weighted by atomic mass is 9.69. The van der Waals surface area contributed by atoms with Crippen molar-refractivity contribution < 1.29 is 14.6 Å². The largest absolute Gasteiger partial charge is 0.464 e. The number of carbonyl (C=O) groups is 1. The number of carbonyl (C=O) groups excluding carboxylic acids is 1. The zero-order valence-electron chi connectivity index (χ0n) is 16.1. The SMILES string of the molecule is CC1=C(C(C)(C)C)C(C)(O)CC(CSCC(=O)OCCSCCS)=C1. The van der Waals surface area contributed by atoms with Crippen LogP contribution in [-0.2, 0) is 9.53 Å². The average molecular weight is 405 g/mol. The van der Waals surface area contributed by atoms with Gasteiger partial charge < -0.3 is 9.84 Å². The van der Waals surface area contributed by atoms with Crippen molar-refractivity contribution in [2.45, 2.75) is 46.6 Å². The van der Waals surface area contributed by atoms with Crippen molar-refractivity contribution in [3.63, 3.8) is 0 Å². The Balaban J connectivity index is 2.46. The Labute approximate surface area is 166 Å². The molecule has 0 aliphatic heterocycles. The summed E-state index contributed by atoms with van der Waals surface area (Å²) in [4.78, 5) is 11.7. The van der Waals surface area contributed by atoms with E-state index in [0.29, 0.717) is 18.8 Å². The first-order chi connectivity index (χ1) is 11.6. The Morgan fingerprint density at radius 1 is 1.36 bits per heavy atom. The highest BCUT2D eigenvalue weighted by Gasteiger charge is 2.37. The van der Waals surface area contributed by atoms with E-state index >= 15 is 0 Å². The van der Waals surface area contributed by atoms with Gasteiger partial charge in [-0.3, -0.25) is 4.79 Å². The molecule has 0 amide bonds. The fraction of sp³-hybridized carbons (Fsp3) is 0.737. The molecule has 144 valence electrons. The quantitative estimate of drug-likeness (QED) is 0.339. The van der Waals surface area contributed by atoms with Crippen LogP contribution in [-0.4, -0.2) is 52.0 Å². The third-order valence-electron chi connectivity index (χ3n) is 3.91. The molecule has 0 bridgehead atoms. The molecule has 25 heavy (non-hydrogen) atoms. The number of hydrogen-bond acceptors (Lipinski definition) is 6. The van der Waals surface area contributed by atoms with Gasteiger partial charge in [-0.15, -0.1) is 11.8 Å². The van der Waals surface area contributed by atoms with E-state index in [9.17, 15) is 9.90 Å². The highest BCUT2D eigenvalue weighted by Crippen LogP contribution is 2.43. The first-order valence-corrected chi connectivity index (χ1v) is 11.6. The van der Waals surface area contributed by atoms with E-state index in [4.69, 9.17) is 4.74 Å². The number of ether oxygens (including phenoxy) is 1. The summed E-state index contributed by atoms with van der Waals surface area (Å²) in [6.45, 7) is 10.8. The lowest BCUT2D eigenvalue weighted by Gasteiger charge is -2.40. The molecular formula is C19H32O3S3. The second kappa shape index (κ2) is 10.3. The molecule has 1 aliphatic carbocycles. The highest BCUT2D eigenvalue weighted by molar-refractivity contribution is 8.00. The first-order valence-electron chi connectivity index (χ1n) is 8.63. The summed E-state index contributed by atoms with van der Waals surface area (Å²) in [5, 5.41) is 10.9. The number of esters is 1. The van der Waals surface area contributed by atoms with Crippen molar-refractivity contribution in [1.82, 2.24) is 0 Å². The third-order valence-corrected chi connectivity index (χ3v) is 6.40. The number of allylic oxidation sites excluding steroid dienone is 2. The standard InChI is InChI=1S/C19H32O3S3/c1-14-10-15(11-19(5,21)17(14)18(2,3)4)12-25-13-16(20)22-6-8-24-9-7-23/h10,21,23H,6-9,11-13H2,1-5H3. The highest BCUT2D eigenvalue weighted by atomic mass is 32.2. The second-order valence-corrected chi connectivity index (χ2v) is 10.3. The molecule has 0 heterocycles. The molecule has 0 saturated carbocycles. The molecule has 0 aromatic rings. The van der Waals surface area contributed by atoms with Gasteiger partial charge in [-0.2, -0.15) is 24.4 Å². The van der Waals surface area contributed by atoms with Crippen LogP contribution in [0.15, 0.2) is 22.8 Å². The summed E-state index contributed by atoms with van der Waals surface area (Å²) >= 11 is 7.43. The lowest BCUT2D eigenvalue weighted by molar-refractivity contribution is -0.139. The summed E-state index contributed by atoms with van der Waals surface area (Å²) in [5.41, 5.74) is 2.54. The molecule has 1 N–H and O–H groups in total. The molecule has 0 aromatic carbocycles. The predicted octanol–water partition coefficient (Wildman–Crippen LogP) is 4.37. The van der Waals surface area contributed by atoms with Gasteiger partial charge in [0.05, 0.1) is 11.4 Å². The summed E-state index contributed by atoms with van der Waals surface area (Å²) in [6, 6.07) is 0. The van der Waals surface area contributed by atoms with E-state index in [2.05, 4.69) is 46.4 Å². The minimum Gasteiger partial charge on any atom is -0.464 e. The zero-order chi connectivity index (χ0) is 19.1. The second-order valence-electron chi connectivity index (χ2n) is 7.61. The maximum Gasteiger partial charge on any atom is 0.315 e. The first kappa shape index (κ1) is 23.0. The topological polar surface area (TPSA) is 46.5 Å². The molecular weight excluding hydrogens is 372 g/mol. The van der Waals surface area contributed by atoms with Crippen LogP contribution in [0.3, 0.4) is 0 Å². The molecule has 0 fully saturated rings. The van der Waals surface area contributed by atoms with Crippen LogP contribution in [0.2, 0.25) is 0 Å². The number of thiol groups is 1. The van der Waals surface area contributed by atoms with Crippen molar-refractivity contribution in [1.29, 1.82) is 0 Å². The van der Waals surface area contributed by atoms with Crippen LogP contribution in [0.4, 0.5) is 0 Å². The molecule has 1 aliphatic rings. The van der Waals surface area contributed by atoms with Crippen LogP contribution < -0.4 is 0 Å². The van der Waals surface area contributed by atoms with Gasteiger partial charge in [0.2, 0.25) is 0 Å². The van der Waals surface area contributed by atoms with Crippen molar-refractivity contribution in [2.24, 2.45) is 5.41 Å². The van der Waals surface area contributed by atoms with Gasteiger partial charge in [0, 0.05) is 23.7 Å². The molecule has 0 aromatic heterocycles. The fourth-order valence-electron chi connectivity index (χ4n) is 3.56. The van der Waals surface area contributed by atoms with Gasteiger partial charge in [-0.25, -0.2) is 0 Å². The Hall–Kier alpha value is -0.0400. The average Bonchev–Trinajstić information content (AvgIpc) is 2.43. The van der Waals surface area contributed by atoms with Crippen LogP contribution in [0.25, 0.3) is 0 Å². The van der Waals surface area contributed by atoms with Gasteiger partial charge in [0.25, 0.3) is 0 Å². The van der Waals surface area contributed by atoms with E-state index in [1.807, 2.05) is 6.92 Å². The van der Waals surface area contributed by atoms with E-state index in [0.717, 1.165) is 34.2 Å². The Kier molecular flexibility index (Phi) is 9.51. The molecule has 0 spiro atoms. The molecule has 6 heteroatoms. The van der Waals surface area contributed by atoms with Gasteiger partial charge in [0.1, 0.15) is 6.61 Å². The normalized spacial score (nSPS) is 21.3. The summed E-state index contributed by atoms with van der Waals surface area (Å²) in [6.07, 6.45) is 2.80. The van der Waals surface area contributed by atoms with E-state index in [1.165, 1.54) is 5.57 Å². The van der Waals surface area contributed by atoms with Crippen LogP contribution in [0.1, 0.15) is 41.0 Å². The van der Waals surface area contributed by atoms with Crippen LogP contribution in [0, 0.1) is 5.41 Å². The summed E-state index contributed by atoms with van der Waals surface area (Å²) in [5.74, 6) is 3.58. The smallest absolute Gasteiger partial charge is 0.315 e. The molecule has 1 atom stereocenters. The minimum absolute atomic E-state index is 0.0580. The predicted molar refractivity (Wildman–Crippen MR) is 115 cm³/mol. The molecule has 0 saturated heterocycles. The number of thioether (sulfide) groups is 2. The molecule has 0 radical (unpaired) electrons. The van der Waals surface area contributed by atoms with Crippen molar-refractivity contribution in [2.75, 3.05) is 35.4 Å². The Morgan fingerprint density at radius 2 is 2.04 bits per heavy atom. The van der Waals surface area contributed by atoms with Crippen molar-refractivity contribution in [3.8, 4) is 0 Å². The van der Waals surface area contributed by atoms with Gasteiger partial charge in [-0.05, 0) is 36.2 Å². The van der Waals surface area contributed by atoms with Crippen molar-refractivity contribution >= 4 is 42.1 Å². The van der Waals surface area contributed by atoms with E-state index in [1.54, 1.807) is 23.5 Å². The summed E-state index contributed by atoms with van der Waals surface area (Å²) in [7, 11) is 0. The molecule has 1 unspecified atom stereocenters. The monoisotopic (exact) mass is 404 g/mol. The Bertz CT molecular complexity index is 516. The molecule has 1 rings (SSSR count). The number of aliphatic hydroxyl groups is 1. The lowest BCUT2D eigenvalue weighted by Crippen LogP contribution is -2.37. The maximum absolute atomic E-state index is 11.7. The van der Waals surface area contributed by atoms with E-state index in [-0.39, 0.29) is 11.4 Å². The minimum atomic E-state index is -0.822. The fourth-order valence-corrected chi connectivity index (χ4v) is 5.29. The number of rotatable bonds is 9. The van der Waals surface area contributed by atoms with Gasteiger partial charge >= 0.3 is 5.97 Å². The van der Waals surface area contributed by atoms with E-state index < -0.39 is 5.60 Å². The van der Waals surface area contributed by atoms with Crippen molar-refractivity contribution in [3.05, 3.63) is 22.8 Å². The van der Waals surface area contributed by atoms with Crippen LogP contribution >= 0.6 is 36.2 Å². The van der Waals surface area contributed by atoms with Crippen LogP contribution in [0.5, 0.6) is 0 Å². The number of hydrogen-bond donors (Lipinski definition) is 2.